The molecule has 3 heterocycles. The van der Waals surface area contributed by atoms with Gasteiger partial charge in [0.2, 0.25) is 0 Å². The first-order valence-electron chi connectivity index (χ1n) is 7.64. The van der Waals surface area contributed by atoms with Crippen LogP contribution in [0.3, 0.4) is 0 Å². The van der Waals surface area contributed by atoms with Gasteiger partial charge in [0.1, 0.15) is 10.8 Å². The highest BCUT2D eigenvalue weighted by Gasteiger charge is 2.18. The van der Waals surface area contributed by atoms with Gasteiger partial charge in [-0.05, 0) is 19.1 Å². The molecule has 0 fully saturated rings. The van der Waals surface area contributed by atoms with Gasteiger partial charge in [0.15, 0.2) is 17.7 Å². The summed E-state index contributed by atoms with van der Waals surface area (Å²) in [6, 6.07) is 4.68. The lowest BCUT2D eigenvalue weighted by Crippen LogP contribution is -2.16. The molecule has 136 valence electrons. The first kappa shape index (κ1) is 18.0. The van der Waals surface area contributed by atoms with Gasteiger partial charge in [-0.25, -0.2) is 9.37 Å². The molecular weight excluding hydrogens is 363 g/mol. The summed E-state index contributed by atoms with van der Waals surface area (Å²) in [4.78, 5) is 12.3. The van der Waals surface area contributed by atoms with Crippen molar-refractivity contribution in [1.82, 2.24) is 25.1 Å². The van der Waals surface area contributed by atoms with Gasteiger partial charge in [-0.3, -0.25) is 10.1 Å². The molecule has 3 aromatic rings. The molecule has 0 saturated heterocycles. The first-order chi connectivity index (χ1) is 12.5. The van der Waals surface area contributed by atoms with Crippen molar-refractivity contribution in [3.05, 3.63) is 52.8 Å². The molecule has 2 N–H and O–H groups in total. The minimum Gasteiger partial charge on any atom is -0.451 e. The zero-order valence-corrected chi connectivity index (χ0v) is 14.8. The van der Waals surface area contributed by atoms with E-state index < -0.39 is 11.9 Å². The van der Waals surface area contributed by atoms with E-state index in [9.17, 15) is 4.39 Å². The maximum atomic E-state index is 13.1. The van der Waals surface area contributed by atoms with Gasteiger partial charge < -0.3 is 14.8 Å². The molecule has 1 atom stereocenters. The van der Waals surface area contributed by atoms with Crippen LogP contribution in [0.4, 0.5) is 16.0 Å². The summed E-state index contributed by atoms with van der Waals surface area (Å²) in [5.41, 5.74) is 1.38. The number of aryl methyl sites for hydroxylation is 1. The van der Waals surface area contributed by atoms with E-state index in [1.807, 2.05) is 6.92 Å². The van der Waals surface area contributed by atoms with Gasteiger partial charge in [0, 0.05) is 18.9 Å². The van der Waals surface area contributed by atoms with Gasteiger partial charge in [-0.1, -0.05) is 11.6 Å². The average molecular weight is 379 g/mol. The number of rotatable bonds is 7. The molecular formula is C16H16ClFN6O2. The number of anilines is 2. The normalized spacial score (nSPS) is 12.0. The standard InChI is InChI=1S/C16H16ClFN6O2/c1-9-5-14(24-23-9)21-15-11(17)7-20-16(22-15)26-13(8-25-2)12-4-3-10(18)6-19-12/h3-7,13H,8H2,1-2H3,(H2,20,21,22,23,24). The summed E-state index contributed by atoms with van der Waals surface area (Å²) < 4.78 is 24.0. The number of aromatic nitrogens is 5. The molecule has 0 aliphatic carbocycles. The van der Waals surface area contributed by atoms with Crippen molar-refractivity contribution in [2.75, 3.05) is 19.0 Å². The second kappa shape index (κ2) is 8.07. The van der Waals surface area contributed by atoms with Crippen LogP contribution in [0.5, 0.6) is 6.01 Å². The highest BCUT2D eigenvalue weighted by Crippen LogP contribution is 2.26. The molecule has 10 heteroatoms. The molecule has 8 nitrogen and oxygen atoms in total. The van der Waals surface area contributed by atoms with Crippen LogP contribution >= 0.6 is 11.6 Å². The molecule has 3 rings (SSSR count). The molecule has 0 radical (unpaired) electrons. The third-order valence-corrected chi connectivity index (χ3v) is 3.60. The zero-order chi connectivity index (χ0) is 18.5. The fourth-order valence-corrected chi connectivity index (χ4v) is 2.27. The number of pyridine rings is 1. The van der Waals surface area contributed by atoms with Crippen LogP contribution in [0.1, 0.15) is 17.5 Å². The minimum atomic E-state index is -0.609. The molecule has 26 heavy (non-hydrogen) atoms. The Bertz CT molecular complexity index is 873. The van der Waals surface area contributed by atoms with E-state index in [1.165, 1.54) is 25.4 Å². The van der Waals surface area contributed by atoms with Gasteiger partial charge in [0.05, 0.1) is 24.7 Å². The van der Waals surface area contributed by atoms with Crippen molar-refractivity contribution in [2.24, 2.45) is 0 Å². The van der Waals surface area contributed by atoms with E-state index in [0.29, 0.717) is 22.4 Å². The van der Waals surface area contributed by atoms with E-state index in [0.717, 1.165) is 11.9 Å². The average Bonchev–Trinajstić information content (AvgIpc) is 3.03. The predicted octanol–water partition coefficient (Wildman–Crippen LogP) is 3.21. The quantitative estimate of drug-likeness (QED) is 0.651. The number of nitrogens with one attached hydrogen (secondary N) is 2. The molecule has 3 aromatic heterocycles. The number of hydrogen-bond acceptors (Lipinski definition) is 7. The fraction of sp³-hybridized carbons (Fsp3) is 0.250. The second-order valence-corrected chi connectivity index (χ2v) is 5.78. The number of nitrogens with zero attached hydrogens (tertiary/aromatic N) is 4. The predicted molar refractivity (Wildman–Crippen MR) is 93.1 cm³/mol. The Balaban J connectivity index is 1.80. The Morgan fingerprint density at radius 1 is 1.31 bits per heavy atom. The van der Waals surface area contributed by atoms with Gasteiger partial charge >= 0.3 is 6.01 Å². The zero-order valence-electron chi connectivity index (χ0n) is 14.0. The monoisotopic (exact) mass is 378 g/mol. The Morgan fingerprint density at radius 3 is 2.81 bits per heavy atom. The van der Waals surface area contributed by atoms with E-state index in [-0.39, 0.29) is 12.6 Å². The third-order valence-electron chi connectivity index (χ3n) is 3.32. The fourth-order valence-electron chi connectivity index (χ4n) is 2.13. The van der Waals surface area contributed by atoms with Crippen molar-refractivity contribution in [1.29, 1.82) is 0 Å². The lowest BCUT2D eigenvalue weighted by molar-refractivity contribution is 0.0717. The van der Waals surface area contributed by atoms with Crippen molar-refractivity contribution in [2.45, 2.75) is 13.0 Å². The molecule has 0 aliphatic heterocycles. The molecule has 0 spiro atoms. The molecule has 0 aromatic carbocycles. The Labute approximate surface area is 153 Å². The summed E-state index contributed by atoms with van der Waals surface area (Å²) in [5.74, 6) is 0.461. The van der Waals surface area contributed by atoms with E-state index in [1.54, 1.807) is 6.07 Å². The summed E-state index contributed by atoms with van der Waals surface area (Å²) in [6.07, 6.45) is 1.91. The minimum absolute atomic E-state index is 0.0670. The topological polar surface area (TPSA) is 97.8 Å². The summed E-state index contributed by atoms with van der Waals surface area (Å²) >= 11 is 6.13. The van der Waals surface area contributed by atoms with Crippen LogP contribution in [0.25, 0.3) is 0 Å². The summed E-state index contributed by atoms with van der Waals surface area (Å²) in [7, 11) is 1.52. The third kappa shape index (κ3) is 4.44. The number of hydrogen-bond donors (Lipinski definition) is 2. The van der Waals surface area contributed by atoms with Crippen molar-refractivity contribution >= 4 is 23.2 Å². The molecule has 0 amide bonds. The van der Waals surface area contributed by atoms with Crippen LogP contribution in [0, 0.1) is 12.7 Å². The molecule has 0 bridgehead atoms. The van der Waals surface area contributed by atoms with E-state index in [4.69, 9.17) is 21.1 Å². The van der Waals surface area contributed by atoms with E-state index in [2.05, 4.69) is 30.5 Å². The van der Waals surface area contributed by atoms with Gasteiger partial charge in [-0.2, -0.15) is 10.1 Å². The lowest BCUT2D eigenvalue weighted by atomic mass is 10.2. The maximum Gasteiger partial charge on any atom is 0.319 e. The van der Waals surface area contributed by atoms with Crippen LogP contribution in [0.15, 0.2) is 30.6 Å². The smallest absolute Gasteiger partial charge is 0.319 e. The summed E-state index contributed by atoms with van der Waals surface area (Å²) in [5, 5.41) is 10.2. The van der Waals surface area contributed by atoms with Crippen molar-refractivity contribution < 1.29 is 13.9 Å². The van der Waals surface area contributed by atoms with Crippen LogP contribution in [0.2, 0.25) is 5.02 Å². The van der Waals surface area contributed by atoms with Crippen LogP contribution in [-0.4, -0.2) is 38.9 Å². The lowest BCUT2D eigenvalue weighted by Gasteiger charge is -2.17. The Hall–Kier alpha value is -2.78. The largest absolute Gasteiger partial charge is 0.451 e. The Kier molecular flexibility index (Phi) is 5.59. The molecule has 0 saturated carbocycles. The Morgan fingerprint density at radius 2 is 2.15 bits per heavy atom. The highest BCUT2D eigenvalue weighted by molar-refractivity contribution is 6.32. The SMILES string of the molecule is COCC(Oc1ncc(Cl)c(Nc2cc(C)[nH]n2)n1)c1ccc(F)cn1. The molecule has 1 unspecified atom stereocenters. The van der Waals surface area contributed by atoms with Crippen LogP contribution < -0.4 is 10.1 Å². The van der Waals surface area contributed by atoms with Gasteiger partial charge in [-0.15, -0.1) is 0 Å². The number of aromatic amines is 1. The second-order valence-electron chi connectivity index (χ2n) is 5.37. The maximum absolute atomic E-state index is 13.1. The summed E-state index contributed by atoms with van der Waals surface area (Å²) in [6.45, 7) is 2.06. The number of H-pyrrole nitrogens is 1. The van der Waals surface area contributed by atoms with E-state index >= 15 is 0 Å². The highest BCUT2D eigenvalue weighted by atomic mass is 35.5. The molecule has 0 aliphatic rings. The first-order valence-corrected chi connectivity index (χ1v) is 8.01. The number of halogens is 2. The van der Waals surface area contributed by atoms with Crippen LogP contribution in [-0.2, 0) is 4.74 Å². The van der Waals surface area contributed by atoms with Gasteiger partial charge in [0.25, 0.3) is 0 Å². The van der Waals surface area contributed by atoms with Crippen molar-refractivity contribution in [3.8, 4) is 6.01 Å². The number of ether oxygens (including phenoxy) is 2. The van der Waals surface area contributed by atoms with Crippen molar-refractivity contribution in [3.63, 3.8) is 0 Å². The number of methoxy groups -OCH3 is 1.